The Morgan fingerprint density at radius 2 is 1.74 bits per heavy atom. The van der Waals surface area contributed by atoms with E-state index >= 15 is 0 Å². The van der Waals surface area contributed by atoms with Crippen LogP contribution >= 0.6 is 11.6 Å². The molecule has 11 nitrogen and oxygen atoms in total. The first-order chi connectivity index (χ1) is 15.9. The van der Waals surface area contributed by atoms with Crippen molar-refractivity contribution in [2.75, 3.05) is 6.61 Å². The summed E-state index contributed by atoms with van der Waals surface area (Å²) in [5.41, 5.74) is 3.76. The van der Waals surface area contributed by atoms with Gasteiger partial charge in [-0.25, -0.2) is 15.0 Å². The Bertz CT molecular complexity index is 1180. The van der Waals surface area contributed by atoms with Crippen LogP contribution in [0.25, 0.3) is 11.2 Å². The highest BCUT2D eigenvalue weighted by Gasteiger charge is 2.51. The number of rotatable bonds is 5. The lowest BCUT2D eigenvalue weighted by atomic mass is 10.1. The predicted octanol–water partition coefficient (Wildman–Crippen LogP) is 2.03. The van der Waals surface area contributed by atoms with E-state index in [0.717, 1.165) is 0 Å². The molecule has 3 rings (SSSR count). The second kappa shape index (κ2) is 10.1. The van der Waals surface area contributed by atoms with Crippen molar-refractivity contribution in [1.82, 2.24) is 19.5 Å². The molecule has 182 valence electrons. The molecule has 1 aliphatic heterocycles. The highest BCUT2D eigenvalue weighted by atomic mass is 35.5. The topological polar surface area (TPSA) is 132 Å². The van der Waals surface area contributed by atoms with Gasteiger partial charge in [0.25, 0.3) is 0 Å². The molecule has 3 heterocycles. The lowest BCUT2D eigenvalue weighted by molar-refractivity contribution is -0.166. The van der Waals surface area contributed by atoms with Gasteiger partial charge in [0, 0.05) is 20.8 Å². The Balaban J connectivity index is 2.08. The molecule has 0 bridgehead atoms. The maximum Gasteiger partial charge on any atom is 0.303 e. The Hall–Kier alpha value is -3.01. The van der Waals surface area contributed by atoms with E-state index in [4.69, 9.17) is 30.5 Å². The molecule has 0 unspecified atom stereocenters. The van der Waals surface area contributed by atoms with Crippen molar-refractivity contribution in [3.05, 3.63) is 17.3 Å². The number of esters is 3. The first kappa shape index (κ1) is 25.6. The van der Waals surface area contributed by atoms with Crippen LogP contribution in [0.4, 0.5) is 0 Å². The zero-order valence-electron chi connectivity index (χ0n) is 19.6. The highest BCUT2D eigenvalue weighted by molar-refractivity contribution is 6.83. The Kier molecular flexibility index (Phi) is 7.59. The van der Waals surface area contributed by atoms with Crippen LogP contribution in [0.2, 0.25) is 24.8 Å². The highest BCUT2D eigenvalue weighted by Crippen LogP contribution is 2.36. The number of aromatic nitrogens is 4. The summed E-state index contributed by atoms with van der Waals surface area (Å²) < 4.78 is 23.5. The van der Waals surface area contributed by atoms with Gasteiger partial charge in [0.05, 0.1) is 6.33 Å². The third-order valence-corrected chi connectivity index (χ3v) is 5.68. The molecule has 0 spiro atoms. The third-order valence-electron chi connectivity index (χ3n) is 4.54. The van der Waals surface area contributed by atoms with E-state index in [9.17, 15) is 14.4 Å². The number of hydrogen-bond acceptors (Lipinski definition) is 10. The molecular weight excluding hydrogens is 484 g/mol. The van der Waals surface area contributed by atoms with Gasteiger partial charge in [0.2, 0.25) is 5.82 Å². The minimum Gasteiger partial charge on any atom is -0.463 e. The number of hydrogen-bond donors (Lipinski definition) is 0. The van der Waals surface area contributed by atoms with E-state index in [2.05, 4.69) is 46.1 Å². The van der Waals surface area contributed by atoms with Gasteiger partial charge in [-0.2, -0.15) is 0 Å². The lowest BCUT2D eigenvalue weighted by Gasteiger charge is -2.23. The van der Waals surface area contributed by atoms with Gasteiger partial charge < -0.3 is 18.9 Å². The molecule has 2 aromatic heterocycles. The monoisotopic (exact) mass is 508 g/mol. The fourth-order valence-electron chi connectivity index (χ4n) is 3.28. The largest absolute Gasteiger partial charge is 0.463 e. The molecule has 34 heavy (non-hydrogen) atoms. The average molecular weight is 509 g/mol. The number of halogens is 1. The Morgan fingerprint density at radius 1 is 1.09 bits per heavy atom. The van der Waals surface area contributed by atoms with Crippen molar-refractivity contribution in [1.29, 1.82) is 0 Å². The van der Waals surface area contributed by atoms with E-state index in [1.807, 2.05) is 0 Å². The summed E-state index contributed by atoms with van der Waals surface area (Å²) in [6.45, 7) is 9.69. The van der Waals surface area contributed by atoms with Gasteiger partial charge in [0.1, 0.15) is 26.3 Å². The summed E-state index contributed by atoms with van der Waals surface area (Å²) in [6.07, 6.45) is -2.65. The van der Waals surface area contributed by atoms with Crippen LogP contribution in [0.1, 0.15) is 32.8 Å². The Morgan fingerprint density at radius 3 is 2.32 bits per heavy atom. The summed E-state index contributed by atoms with van der Waals surface area (Å²) >= 11 is 6.33. The molecule has 2 aromatic rings. The van der Waals surface area contributed by atoms with Crippen LogP contribution < -0.4 is 0 Å². The van der Waals surface area contributed by atoms with Crippen LogP contribution in [0.5, 0.6) is 0 Å². The molecule has 13 heteroatoms. The zero-order chi connectivity index (χ0) is 25.2. The van der Waals surface area contributed by atoms with E-state index in [1.54, 1.807) is 0 Å². The first-order valence-electron chi connectivity index (χ1n) is 10.4. The average Bonchev–Trinajstić information content (AvgIpc) is 3.26. The molecule has 1 saturated heterocycles. The van der Waals surface area contributed by atoms with Crippen molar-refractivity contribution in [3.63, 3.8) is 0 Å². The van der Waals surface area contributed by atoms with Crippen molar-refractivity contribution >= 4 is 48.7 Å². The van der Waals surface area contributed by atoms with E-state index in [0.29, 0.717) is 0 Å². The summed E-state index contributed by atoms with van der Waals surface area (Å²) in [7, 11) is -1.71. The van der Waals surface area contributed by atoms with Crippen molar-refractivity contribution in [3.8, 4) is 11.5 Å². The molecule has 4 atom stereocenters. The summed E-state index contributed by atoms with van der Waals surface area (Å²) in [4.78, 5) is 48.0. The van der Waals surface area contributed by atoms with Gasteiger partial charge >= 0.3 is 17.9 Å². The number of nitrogens with zero attached hydrogens (tertiary/aromatic N) is 4. The molecule has 0 radical (unpaired) electrons. The van der Waals surface area contributed by atoms with Crippen molar-refractivity contribution in [2.24, 2.45) is 0 Å². The minimum absolute atomic E-state index is 0.0960. The van der Waals surface area contributed by atoms with E-state index < -0.39 is 50.5 Å². The van der Waals surface area contributed by atoms with Crippen molar-refractivity contribution < 1.29 is 33.3 Å². The number of carbonyl (C=O) groups excluding carboxylic acids is 3. The van der Waals surface area contributed by atoms with Gasteiger partial charge in [-0.15, -0.1) is 5.54 Å². The fraction of sp³-hybridized carbons (Fsp3) is 0.524. The standard InChI is InChI=1S/C21H25ClN4O7Si/c1-11(27)30-9-14-17(31-12(2)28)18(32-13(3)29)21(33-14)26-10-23-16-19(22)24-15(25-20(16)26)7-8-34(4,5)6/h10,14,17-18,21H,9H2,1-6H3/t14-,17-,18-,21-/m1/s1. The molecule has 0 N–H and O–H groups in total. The normalized spacial score (nSPS) is 22.1. The quantitative estimate of drug-likeness (QED) is 0.194. The molecule has 0 amide bonds. The maximum absolute atomic E-state index is 11.9. The Labute approximate surface area is 202 Å². The lowest BCUT2D eigenvalue weighted by Crippen LogP contribution is -2.40. The smallest absolute Gasteiger partial charge is 0.303 e. The summed E-state index contributed by atoms with van der Waals surface area (Å²) in [5, 5.41) is 0.0960. The predicted molar refractivity (Wildman–Crippen MR) is 122 cm³/mol. The SMILES string of the molecule is CC(=O)OC[C@H]1O[C@@H](n2cnc3c(Cl)nc(C#C[Si](C)(C)C)nc32)[C@H](OC(C)=O)[C@@H]1OC(C)=O. The van der Waals surface area contributed by atoms with Crippen LogP contribution in [-0.2, 0) is 33.3 Å². The van der Waals surface area contributed by atoms with Crippen LogP contribution in [0.15, 0.2) is 6.33 Å². The van der Waals surface area contributed by atoms with Crippen molar-refractivity contribution in [2.45, 2.75) is 65.0 Å². The second-order valence-corrected chi connectivity index (χ2v) is 13.8. The van der Waals surface area contributed by atoms with Crippen LogP contribution in [0, 0.1) is 11.5 Å². The number of carbonyl (C=O) groups is 3. The van der Waals surface area contributed by atoms with Crippen LogP contribution in [-0.4, -0.2) is 70.4 Å². The molecule has 0 saturated carbocycles. The molecule has 0 aromatic carbocycles. The van der Waals surface area contributed by atoms with Gasteiger partial charge in [0.15, 0.2) is 29.2 Å². The maximum atomic E-state index is 11.9. The zero-order valence-corrected chi connectivity index (χ0v) is 21.4. The number of fused-ring (bicyclic) bond motifs is 1. The molecule has 1 aliphatic rings. The molecule has 1 fully saturated rings. The first-order valence-corrected chi connectivity index (χ1v) is 14.3. The number of ether oxygens (including phenoxy) is 4. The van der Waals surface area contributed by atoms with Crippen LogP contribution in [0.3, 0.4) is 0 Å². The minimum atomic E-state index is -1.71. The number of imidazole rings is 1. The second-order valence-electron chi connectivity index (χ2n) is 8.68. The summed E-state index contributed by atoms with van der Waals surface area (Å²) in [6, 6.07) is 0. The van der Waals surface area contributed by atoms with Gasteiger partial charge in [-0.3, -0.25) is 19.0 Å². The fourth-order valence-corrected chi connectivity index (χ4v) is 3.98. The van der Waals surface area contributed by atoms with E-state index in [1.165, 1.54) is 31.7 Å². The van der Waals surface area contributed by atoms with E-state index in [-0.39, 0.29) is 28.7 Å². The summed E-state index contributed by atoms with van der Waals surface area (Å²) in [5.74, 6) is 1.37. The third kappa shape index (κ3) is 6.10. The molecular formula is C21H25ClN4O7Si. The van der Waals surface area contributed by atoms with Gasteiger partial charge in [-0.1, -0.05) is 31.2 Å². The molecule has 0 aliphatic carbocycles. The van der Waals surface area contributed by atoms with Gasteiger partial charge in [-0.05, 0) is 5.92 Å².